The number of halogens is 1. The van der Waals surface area contributed by atoms with E-state index in [4.69, 9.17) is 11.6 Å². The van der Waals surface area contributed by atoms with E-state index in [1.807, 2.05) is 39.0 Å². The highest BCUT2D eigenvalue weighted by atomic mass is 35.5. The largest absolute Gasteiger partial charge is 0.357 e. The Kier molecular flexibility index (Phi) is 6.43. The second-order valence-electron chi connectivity index (χ2n) is 5.15. The highest BCUT2D eigenvalue weighted by Gasteiger charge is 2.22. The standard InChI is InChI=1S/C16H21ClN2O2/c1-10(2)15(16(21)18-4)19-14(20)9-11(3)12-7-5-6-8-13(12)17/h5-10,15H,1-4H3,(H,18,21)(H,19,20). The summed E-state index contributed by atoms with van der Waals surface area (Å²) in [6.07, 6.45) is 1.46. The normalized spacial score (nSPS) is 13.0. The molecule has 0 bridgehead atoms. The van der Waals surface area contributed by atoms with Crippen LogP contribution in [0.2, 0.25) is 5.02 Å². The maximum Gasteiger partial charge on any atom is 0.244 e. The molecule has 21 heavy (non-hydrogen) atoms. The van der Waals surface area contributed by atoms with E-state index in [0.29, 0.717) is 5.02 Å². The molecule has 1 aromatic rings. The molecule has 0 aromatic heterocycles. The fraction of sp³-hybridized carbons (Fsp3) is 0.375. The van der Waals surface area contributed by atoms with Crippen molar-refractivity contribution >= 4 is 29.0 Å². The van der Waals surface area contributed by atoms with Gasteiger partial charge in [0.1, 0.15) is 6.04 Å². The first-order valence-corrected chi connectivity index (χ1v) is 7.20. The van der Waals surface area contributed by atoms with Crippen LogP contribution in [0.5, 0.6) is 0 Å². The molecule has 4 nitrogen and oxygen atoms in total. The van der Waals surface area contributed by atoms with E-state index in [0.717, 1.165) is 11.1 Å². The van der Waals surface area contributed by atoms with Crippen LogP contribution in [0.15, 0.2) is 30.3 Å². The van der Waals surface area contributed by atoms with E-state index >= 15 is 0 Å². The number of rotatable bonds is 5. The van der Waals surface area contributed by atoms with Crippen molar-refractivity contribution in [3.8, 4) is 0 Å². The van der Waals surface area contributed by atoms with E-state index < -0.39 is 6.04 Å². The maximum atomic E-state index is 12.1. The molecule has 0 radical (unpaired) electrons. The van der Waals surface area contributed by atoms with Crippen molar-refractivity contribution in [2.24, 2.45) is 5.92 Å². The average molecular weight is 309 g/mol. The van der Waals surface area contributed by atoms with Crippen LogP contribution < -0.4 is 10.6 Å². The summed E-state index contributed by atoms with van der Waals surface area (Å²) in [5.74, 6) is -0.514. The Bertz CT molecular complexity index is 553. The number of hydrogen-bond donors (Lipinski definition) is 2. The molecule has 0 spiro atoms. The van der Waals surface area contributed by atoms with Gasteiger partial charge in [-0.2, -0.15) is 0 Å². The van der Waals surface area contributed by atoms with Crippen molar-refractivity contribution in [1.82, 2.24) is 10.6 Å². The number of benzene rings is 1. The van der Waals surface area contributed by atoms with Crippen LogP contribution in [-0.2, 0) is 9.59 Å². The quantitative estimate of drug-likeness (QED) is 0.822. The van der Waals surface area contributed by atoms with E-state index in [-0.39, 0.29) is 17.7 Å². The first-order valence-electron chi connectivity index (χ1n) is 6.82. The highest BCUT2D eigenvalue weighted by Crippen LogP contribution is 2.22. The Morgan fingerprint density at radius 2 is 1.86 bits per heavy atom. The second-order valence-corrected chi connectivity index (χ2v) is 5.56. The number of likely N-dealkylation sites (N-methyl/N-ethyl adjacent to an activating group) is 1. The molecule has 2 amide bonds. The van der Waals surface area contributed by atoms with Gasteiger partial charge in [-0.15, -0.1) is 0 Å². The monoisotopic (exact) mass is 308 g/mol. The van der Waals surface area contributed by atoms with Gasteiger partial charge in [0.2, 0.25) is 11.8 Å². The summed E-state index contributed by atoms with van der Waals surface area (Å²) in [4.78, 5) is 23.8. The molecule has 114 valence electrons. The molecule has 0 saturated heterocycles. The van der Waals surface area contributed by atoms with Crippen LogP contribution in [0.4, 0.5) is 0 Å². The minimum atomic E-state index is -0.558. The van der Waals surface area contributed by atoms with Crippen molar-refractivity contribution in [1.29, 1.82) is 0 Å². The van der Waals surface area contributed by atoms with Gasteiger partial charge in [-0.05, 0) is 30.0 Å². The smallest absolute Gasteiger partial charge is 0.244 e. The Balaban J connectivity index is 2.87. The van der Waals surface area contributed by atoms with Crippen molar-refractivity contribution in [2.45, 2.75) is 26.8 Å². The summed E-state index contributed by atoms with van der Waals surface area (Å²) in [5.41, 5.74) is 1.55. The molecule has 1 rings (SSSR count). The lowest BCUT2D eigenvalue weighted by molar-refractivity contribution is -0.127. The van der Waals surface area contributed by atoms with Crippen molar-refractivity contribution < 1.29 is 9.59 Å². The molecule has 1 aromatic carbocycles. The van der Waals surface area contributed by atoms with Crippen LogP contribution in [0.1, 0.15) is 26.3 Å². The number of carbonyl (C=O) groups excluding carboxylic acids is 2. The Morgan fingerprint density at radius 3 is 2.38 bits per heavy atom. The van der Waals surface area contributed by atoms with E-state index in [2.05, 4.69) is 10.6 Å². The fourth-order valence-electron chi connectivity index (χ4n) is 1.94. The van der Waals surface area contributed by atoms with Gasteiger partial charge in [0.05, 0.1) is 0 Å². The third-order valence-electron chi connectivity index (χ3n) is 3.14. The molecular weight excluding hydrogens is 288 g/mol. The van der Waals surface area contributed by atoms with E-state index in [1.165, 1.54) is 6.08 Å². The van der Waals surface area contributed by atoms with Gasteiger partial charge in [0.25, 0.3) is 0 Å². The first kappa shape index (κ1) is 17.2. The van der Waals surface area contributed by atoms with E-state index in [9.17, 15) is 9.59 Å². The molecule has 1 atom stereocenters. The second kappa shape index (κ2) is 7.84. The van der Waals surface area contributed by atoms with Crippen LogP contribution >= 0.6 is 11.6 Å². The minimum absolute atomic E-state index is 0.00270. The van der Waals surface area contributed by atoms with Crippen molar-refractivity contribution in [3.63, 3.8) is 0 Å². The van der Waals surface area contributed by atoms with Gasteiger partial charge in [-0.25, -0.2) is 0 Å². The summed E-state index contributed by atoms with van der Waals surface area (Å²) in [6, 6.07) is 6.75. The Hall–Kier alpha value is -1.81. The van der Waals surface area contributed by atoms with Crippen LogP contribution in [0, 0.1) is 5.92 Å². The van der Waals surface area contributed by atoms with Gasteiger partial charge in [-0.3, -0.25) is 9.59 Å². The lowest BCUT2D eigenvalue weighted by atomic mass is 10.0. The van der Waals surface area contributed by atoms with Crippen LogP contribution in [-0.4, -0.2) is 24.9 Å². The lowest BCUT2D eigenvalue weighted by Crippen LogP contribution is -2.48. The molecule has 1 unspecified atom stereocenters. The molecule has 2 N–H and O–H groups in total. The highest BCUT2D eigenvalue weighted by molar-refractivity contribution is 6.32. The molecule has 0 fully saturated rings. The zero-order chi connectivity index (χ0) is 16.0. The van der Waals surface area contributed by atoms with Crippen molar-refractivity contribution in [2.75, 3.05) is 7.05 Å². The molecule has 0 aliphatic rings. The number of carbonyl (C=O) groups is 2. The molecular formula is C16H21ClN2O2. The molecule has 0 aliphatic carbocycles. The van der Waals surface area contributed by atoms with Crippen LogP contribution in [0.3, 0.4) is 0 Å². The third-order valence-corrected chi connectivity index (χ3v) is 3.47. The topological polar surface area (TPSA) is 58.2 Å². The zero-order valence-corrected chi connectivity index (χ0v) is 13.5. The van der Waals surface area contributed by atoms with Crippen molar-refractivity contribution in [3.05, 3.63) is 40.9 Å². The average Bonchev–Trinajstić information content (AvgIpc) is 2.44. The van der Waals surface area contributed by atoms with Gasteiger partial charge in [0.15, 0.2) is 0 Å². The SMILES string of the molecule is CNC(=O)C(NC(=O)C=C(C)c1ccccc1Cl)C(C)C. The zero-order valence-electron chi connectivity index (χ0n) is 12.7. The number of amides is 2. The minimum Gasteiger partial charge on any atom is -0.357 e. The third kappa shape index (κ3) is 4.90. The number of nitrogens with one attached hydrogen (secondary N) is 2. The summed E-state index contributed by atoms with van der Waals surface area (Å²) in [5, 5.41) is 5.86. The summed E-state index contributed by atoms with van der Waals surface area (Å²) >= 11 is 6.09. The molecule has 0 aliphatic heterocycles. The van der Waals surface area contributed by atoms with Crippen LogP contribution in [0.25, 0.3) is 5.57 Å². The molecule has 0 saturated carbocycles. The number of hydrogen-bond acceptors (Lipinski definition) is 2. The summed E-state index contributed by atoms with van der Waals surface area (Å²) < 4.78 is 0. The maximum absolute atomic E-state index is 12.1. The predicted octanol–water partition coefficient (Wildman–Crippen LogP) is 2.63. The van der Waals surface area contributed by atoms with E-state index in [1.54, 1.807) is 13.1 Å². The predicted molar refractivity (Wildman–Crippen MR) is 85.9 cm³/mol. The van der Waals surface area contributed by atoms with Gasteiger partial charge < -0.3 is 10.6 Å². The molecule has 5 heteroatoms. The molecule has 0 heterocycles. The van der Waals surface area contributed by atoms with Gasteiger partial charge in [-0.1, -0.05) is 43.6 Å². The van der Waals surface area contributed by atoms with Gasteiger partial charge in [0, 0.05) is 18.1 Å². The fourth-order valence-corrected chi connectivity index (χ4v) is 2.23. The first-order chi connectivity index (χ1) is 9.86. The van der Waals surface area contributed by atoms with Gasteiger partial charge >= 0.3 is 0 Å². The summed E-state index contributed by atoms with van der Waals surface area (Å²) in [6.45, 7) is 5.57. The Morgan fingerprint density at radius 1 is 1.24 bits per heavy atom. The lowest BCUT2D eigenvalue weighted by Gasteiger charge is -2.20. The summed E-state index contributed by atoms with van der Waals surface area (Å²) in [7, 11) is 1.55. The Labute approximate surface area is 130 Å². The number of allylic oxidation sites excluding steroid dienone is 1.